The Morgan fingerprint density at radius 1 is 1.45 bits per heavy atom. The van der Waals surface area contributed by atoms with Gasteiger partial charge in [0, 0.05) is 32.1 Å². The normalized spacial score (nSPS) is 18.1. The minimum Gasteiger partial charge on any atom is -0.378 e. The summed E-state index contributed by atoms with van der Waals surface area (Å²) in [5.74, 6) is 0.101. The zero-order valence-corrected chi connectivity index (χ0v) is 11.8. The van der Waals surface area contributed by atoms with Crippen molar-refractivity contribution in [1.29, 1.82) is 0 Å². The topological polar surface area (TPSA) is 63.2 Å². The van der Waals surface area contributed by atoms with Crippen LogP contribution in [0.15, 0.2) is 24.5 Å². The van der Waals surface area contributed by atoms with Gasteiger partial charge in [0.15, 0.2) is 0 Å². The van der Waals surface area contributed by atoms with Crippen molar-refractivity contribution in [2.24, 2.45) is 0 Å². The molecule has 2 heterocycles. The quantitative estimate of drug-likeness (QED) is 0.702. The maximum Gasteiger partial charge on any atom is 0.222 e. The van der Waals surface area contributed by atoms with Crippen molar-refractivity contribution < 1.29 is 9.53 Å². The number of carbonyl (C=O) groups is 1. The number of carbonyl (C=O) groups excluding carboxylic acids is 1. The smallest absolute Gasteiger partial charge is 0.222 e. The van der Waals surface area contributed by atoms with E-state index in [2.05, 4.69) is 15.6 Å². The molecule has 20 heavy (non-hydrogen) atoms. The summed E-state index contributed by atoms with van der Waals surface area (Å²) >= 11 is 0. The van der Waals surface area contributed by atoms with Crippen LogP contribution in [0.25, 0.3) is 0 Å². The number of hydrogen-bond donors (Lipinski definition) is 2. The van der Waals surface area contributed by atoms with Crippen molar-refractivity contribution in [3.05, 3.63) is 30.1 Å². The lowest BCUT2D eigenvalue weighted by Crippen LogP contribution is -2.29. The highest BCUT2D eigenvalue weighted by Crippen LogP contribution is 2.14. The highest BCUT2D eigenvalue weighted by Gasteiger charge is 2.18. The molecule has 1 aromatic heterocycles. The number of nitrogens with one attached hydrogen (secondary N) is 2. The molecule has 1 saturated heterocycles. The number of ether oxygens (including phenoxy) is 1. The van der Waals surface area contributed by atoms with E-state index in [1.54, 1.807) is 6.20 Å². The Hall–Kier alpha value is -1.46. The summed E-state index contributed by atoms with van der Waals surface area (Å²) in [4.78, 5) is 15.7. The molecule has 1 aromatic rings. The third kappa shape index (κ3) is 5.67. The lowest BCUT2D eigenvalue weighted by atomic mass is 10.2. The molecule has 2 N–H and O–H groups in total. The van der Waals surface area contributed by atoms with E-state index in [-0.39, 0.29) is 12.0 Å². The van der Waals surface area contributed by atoms with Crippen LogP contribution in [0.1, 0.15) is 31.2 Å². The Morgan fingerprint density at radius 3 is 3.15 bits per heavy atom. The van der Waals surface area contributed by atoms with Crippen LogP contribution in [-0.2, 0) is 16.1 Å². The van der Waals surface area contributed by atoms with Crippen molar-refractivity contribution >= 4 is 5.91 Å². The second-order valence-electron chi connectivity index (χ2n) is 5.08. The van der Waals surface area contributed by atoms with Gasteiger partial charge in [-0.2, -0.15) is 0 Å². The summed E-state index contributed by atoms with van der Waals surface area (Å²) < 4.78 is 5.44. The van der Waals surface area contributed by atoms with E-state index in [1.165, 1.54) is 5.56 Å². The standard InChI is InChI=1S/C15H23N3O2/c19-15(10-14-5-2-9-20-14)18-8-3-7-17-12-13-4-1-6-16-11-13/h1,4,6,11,14,17H,2-3,5,7-10,12H2,(H,18,19). The second-order valence-corrected chi connectivity index (χ2v) is 5.08. The second kappa shape index (κ2) is 8.66. The summed E-state index contributed by atoms with van der Waals surface area (Å²) in [6, 6.07) is 3.98. The molecule has 0 aliphatic carbocycles. The summed E-state index contributed by atoms with van der Waals surface area (Å²) in [6.07, 6.45) is 7.29. The lowest BCUT2D eigenvalue weighted by Gasteiger charge is -2.10. The molecule has 0 saturated carbocycles. The fraction of sp³-hybridized carbons (Fsp3) is 0.600. The van der Waals surface area contributed by atoms with Gasteiger partial charge in [0.2, 0.25) is 5.91 Å². The molecule has 2 rings (SSSR count). The average molecular weight is 277 g/mol. The lowest BCUT2D eigenvalue weighted by molar-refractivity contribution is -0.123. The SMILES string of the molecule is O=C(CC1CCCO1)NCCCNCc1cccnc1. The molecule has 0 spiro atoms. The first-order valence-electron chi connectivity index (χ1n) is 7.32. The van der Waals surface area contributed by atoms with E-state index in [0.29, 0.717) is 13.0 Å². The van der Waals surface area contributed by atoms with E-state index in [1.807, 2.05) is 18.3 Å². The minimum atomic E-state index is 0.101. The average Bonchev–Trinajstić information content (AvgIpc) is 2.96. The van der Waals surface area contributed by atoms with E-state index in [9.17, 15) is 4.79 Å². The first-order valence-corrected chi connectivity index (χ1v) is 7.32. The largest absolute Gasteiger partial charge is 0.378 e. The van der Waals surface area contributed by atoms with Gasteiger partial charge in [-0.25, -0.2) is 0 Å². The molecule has 0 bridgehead atoms. The van der Waals surface area contributed by atoms with Gasteiger partial charge in [-0.15, -0.1) is 0 Å². The van der Waals surface area contributed by atoms with E-state index in [0.717, 1.165) is 39.0 Å². The molecule has 5 heteroatoms. The van der Waals surface area contributed by atoms with Crippen molar-refractivity contribution in [3.63, 3.8) is 0 Å². The monoisotopic (exact) mass is 277 g/mol. The van der Waals surface area contributed by atoms with Crippen LogP contribution in [0.4, 0.5) is 0 Å². The van der Waals surface area contributed by atoms with Crippen LogP contribution >= 0.6 is 0 Å². The van der Waals surface area contributed by atoms with Crippen LogP contribution in [-0.4, -0.2) is 36.7 Å². The predicted octanol–water partition coefficient (Wildman–Crippen LogP) is 1.25. The Morgan fingerprint density at radius 2 is 2.40 bits per heavy atom. The molecule has 1 atom stereocenters. The van der Waals surface area contributed by atoms with Gasteiger partial charge in [-0.3, -0.25) is 9.78 Å². The molecule has 0 radical (unpaired) electrons. The number of nitrogens with zero attached hydrogens (tertiary/aromatic N) is 1. The fourth-order valence-electron chi connectivity index (χ4n) is 2.26. The Labute approximate surface area is 120 Å². The maximum atomic E-state index is 11.6. The first-order chi connectivity index (χ1) is 9.84. The number of pyridine rings is 1. The van der Waals surface area contributed by atoms with Gasteiger partial charge >= 0.3 is 0 Å². The molecular weight excluding hydrogens is 254 g/mol. The predicted molar refractivity (Wildman–Crippen MR) is 77.2 cm³/mol. The first kappa shape index (κ1) is 14.9. The number of hydrogen-bond acceptors (Lipinski definition) is 4. The molecule has 1 unspecified atom stereocenters. The van der Waals surface area contributed by atoms with Crippen molar-refractivity contribution in [1.82, 2.24) is 15.6 Å². The van der Waals surface area contributed by atoms with Crippen molar-refractivity contribution in [2.75, 3.05) is 19.7 Å². The van der Waals surface area contributed by atoms with Crippen molar-refractivity contribution in [2.45, 2.75) is 38.3 Å². The van der Waals surface area contributed by atoms with Crippen LogP contribution < -0.4 is 10.6 Å². The number of aromatic nitrogens is 1. The molecule has 1 fully saturated rings. The van der Waals surface area contributed by atoms with Gasteiger partial charge in [0.1, 0.15) is 0 Å². The van der Waals surface area contributed by atoms with E-state index >= 15 is 0 Å². The van der Waals surface area contributed by atoms with Crippen LogP contribution in [0.5, 0.6) is 0 Å². The van der Waals surface area contributed by atoms with Gasteiger partial charge in [-0.05, 0) is 37.4 Å². The third-order valence-corrected chi connectivity index (χ3v) is 3.34. The van der Waals surface area contributed by atoms with Crippen LogP contribution in [0, 0.1) is 0 Å². The van der Waals surface area contributed by atoms with Gasteiger partial charge < -0.3 is 15.4 Å². The summed E-state index contributed by atoms with van der Waals surface area (Å²) in [7, 11) is 0. The molecule has 5 nitrogen and oxygen atoms in total. The molecule has 1 aliphatic rings. The highest BCUT2D eigenvalue weighted by atomic mass is 16.5. The summed E-state index contributed by atoms with van der Waals surface area (Å²) in [5.41, 5.74) is 1.18. The Kier molecular flexibility index (Phi) is 6.47. The number of amides is 1. The summed E-state index contributed by atoms with van der Waals surface area (Å²) in [6.45, 7) is 3.22. The number of rotatable bonds is 8. The van der Waals surface area contributed by atoms with Crippen LogP contribution in [0.2, 0.25) is 0 Å². The molecular formula is C15H23N3O2. The Balaban J connectivity index is 1.46. The third-order valence-electron chi connectivity index (χ3n) is 3.34. The van der Waals surface area contributed by atoms with E-state index in [4.69, 9.17) is 4.74 Å². The minimum absolute atomic E-state index is 0.101. The fourth-order valence-corrected chi connectivity index (χ4v) is 2.26. The maximum absolute atomic E-state index is 11.6. The zero-order chi connectivity index (χ0) is 14.0. The van der Waals surface area contributed by atoms with Crippen molar-refractivity contribution in [3.8, 4) is 0 Å². The molecule has 1 aliphatic heterocycles. The molecule has 1 amide bonds. The highest BCUT2D eigenvalue weighted by molar-refractivity contribution is 5.76. The summed E-state index contributed by atoms with van der Waals surface area (Å²) in [5, 5.41) is 6.27. The molecule has 0 aromatic carbocycles. The van der Waals surface area contributed by atoms with Crippen LogP contribution in [0.3, 0.4) is 0 Å². The Bertz CT molecular complexity index is 391. The van der Waals surface area contributed by atoms with Gasteiger partial charge in [0.05, 0.1) is 12.5 Å². The zero-order valence-electron chi connectivity index (χ0n) is 11.8. The van der Waals surface area contributed by atoms with Gasteiger partial charge in [-0.1, -0.05) is 6.07 Å². The van der Waals surface area contributed by atoms with Gasteiger partial charge in [0.25, 0.3) is 0 Å². The van der Waals surface area contributed by atoms with E-state index < -0.39 is 0 Å². The molecule has 110 valence electrons.